The topological polar surface area (TPSA) is 45.1 Å². The molecule has 2 aliphatic rings. The van der Waals surface area contributed by atoms with Crippen molar-refractivity contribution in [1.82, 2.24) is 9.80 Å². The van der Waals surface area contributed by atoms with Crippen LogP contribution >= 0.6 is 0 Å². The molecule has 5 nitrogen and oxygen atoms in total. The van der Waals surface area contributed by atoms with E-state index in [1.807, 2.05) is 11.9 Å². The zero-order valence-corrected chi connectivity index (χ0v) is 9.43. The first kappa shape index (κ1) is 10.3. The summed E-state index contributed by atoms with van der Waals surface area (Å²) in [5, 5.41) is 4.04. The fraction of sp³-hybridized carbons (Fsp3) is 0.800. The van der Waals surface area contributed by atoms with Gasteiger partial charge in [0.1, 0.15) is 7.11 Å². The zero-order valence-electron chi connectivity index (χ0n) is 9.43. The molecule has 0 aromatic carbocycles. The smallest absolute Gasteiger partial charge is 0.320 e. The van der Waals surface area contributed by atoms with Gasteiger partial charge in [-0.05, 0) is 6.42 Å². The first-order valence-electron chi connectivity index (χ1n) is 5.32. The Balaban J connectivity index is 2.27. The predicted octanol–water partition coefficient (Wildman–Crippen LogP) is 0.907. The number of oxime groups is 1. The number of urea groups is 1. The van der Waals surface area contributed by atoms with Gasteiger partial charge in [-0.2, -0.15) is 0 Å². The molecule has 0 saturated carbocycles. The van der Waals surface area contributed by atoms with Crippen LogP contribution in [0.1, 0.15) is 19.8 Å². The number of amides is 2. The quantitative estimate of drug-likeness (QED) is 0.637. The minimum Gasteiger partial charge on any atom is -0.399 e. The second-order valence-electron chi connectivity index (χ2n) is 4.09. The molecule has 0 unspecified atom stereocenters. The fourth-order valence-electron chi connectivity index (χ4n) is 2.42. The molecular formula is C10H17N3O2. The molecule has 2 atom stereocenters. The molecule has 2 heterocycles. The zero-order chi connectivity index (χ0) is 11.0. The molecule has 2 saturated heterocycles. The second-order valence-corrected chi connectivity index (χ2v) is 4.09. The lowest BCUT2D eigenvalue weighted by Crippen LogP contribution is -2.44. The average molecular weight is 211 g/mol. The normalized spacial score (nSPS) is 32.7. The van der Waals surface area contributed by atoms with E-state index in [0.29, 0.717) is 0 Å². The molecule has 0 spiro atoms. The van der Waals surface area contributed by atoms with E-state index in [4.69, 9.17) is 4.84 Å². The summed E-state index contributed by atoms with van der Waals surface area (Å²) in [6, 6.07) is 0.515. The molecule has 15 heavy (non-hydrogen) atoms. The molecule has 0 aromatic heterocycles. The Morgan fingerprint density at radius 2 is 2.33 bits per heavy atom. The first-order chi connectivity index (χ1) is 7.19. The highest BCUT2D eigenvalue weighted by Crippen LogP contribution is 2.28. The molecule has 5 heteroatoms. The van der Waals surface area contributed by atoms with Gasteiger partial charge < -0.3 is 14.6 Å². The van der Waals surface area contributed by atoms with Gasteiger partial charge in [-0.25, -0.2) is 4.79 Å². The molecule has 0 aromatic rings. The summed E-state index contributed by atoms with van der Waals surface area (Å²) >= 11 is 0. The molecule has 2 fully saturated rings. The van der Waals surface area contributed by atoms with Gasteiger partial charge in [0, 0.05) is 26.1 Å². The molecule has 2 rings (SSSR count). The van der Waals surface area contributed by atoms with Gasteiger partial charge in [0.2, 0.25) is 0 Å². The highest BCUT2D eigenvalue weighted by Gasteiger charge is 2.45. The van der Waals surface area contributed by atoms with Crippen molar-refractivity contribution in [3.63, 3.8) is 0 Å². The number of fused-ring (bicyclic) bond motifs is 2. The number of carbonyl (C=O) groups is 1. The summed E-state index contributed by atoms with van der Waals surface area (Å²) < 4.78 is 0. The SMILES string of the molecule is CC[C@@H]1CC(=NOC)[C@@H]2CN1C(=O)N2C. The lowest BCUT2D eigenvalue weighted by Gasteiger charge is -2.30. The van der Waals surface area contributed by atoms with Crippen LogP contribution in [-0.4, -0.2) is 54.3 Å². The van der Waals surface area contributed by atoms with Crippen molar-refractivity contribution in [3.8, 4) is 0 Å². The maximum absolute atomic E-state index is 11.9. The minimum absolute atomic E-state index is 0.111. The third-order valence-electron chi connectivity index (χ3n) is 3.33. The number of nitrogens with zero attached hydrogens (tertiary/aromatic N) is 3. The Labute approximate surface area is 89.7 Å². The predicted molar refractivity (Wildman–Crippen MR) is 56.8 cm³/mol. The summed E-state index contributed by atoms with van der Waals surface area (Å²) in [5.41, 5.74) is 0.994. The molecule has 0 N–H and O–H groups in total. The number of rotatable bonds is 2. The van der Waals surface area contributed by atoms with Crippen molar-refractivity contribution < 1.29 is 9.63 Å². The number of piperidine rings is 1. The van der Waals surface area contributed by atoms with E-state index in [1.54, 1.807) is 12.0 Å². The van der Waals surface area contributed by atoms with Crippen molar-refractivity contribution in [2.24, 2.45) is 5.16 Å². The van der Waals surface area contributed by atoms with Crippen molar-refractivity contribution in [2.45, 2.75) is 31.8 Å². The van der Waals surface area contributed by atoms with E-state index in [-0.39, 0.29) is 18.1 Å². The van der Waals surface area contributed by atoms with Gasteiger partial charge in [-0.3, -0.25) is 0 Å². The van der Waals surface area contributed by atoms with E-state index < -0.39 is 0 Å². The van der Waals surface area contributed by atoms with Crippen LogP contribution in [-0.2, 0) is 4.84 Å². The van der Waals surface area contributed by atoms with Crippen LogP contribution < -0.4 is 0 Å². The van der Waals surface area contributed by atoms with Gasteiger partial charge in [-0.1, -0.05) is 12.1 Å². The Hall–Kier alpha value is -1.26. The van der Waals surface area contributed by atoms with E-state index in [9.17, 15) is 4.79 Å². The number of likely N-dealkylation sites (N-methyl/N-ethyl adjacent to an activating group) is 1. The van der Waals surface area contributed by atoms with Crippen LogP contribution in [0.15, 0.2) is 5.16 Å². The lowest BCUT2D eigenvalue weighted by atomic mass is 9.97. The molecule has 0 aliphatic carbocycles. The van der Waals surface area contributed by atoms with Crippen molar-refractivity contribution in [3.05, 3.63) is 0 Å². The van der Waals surface area contributed by atoms with Gasteiger partial charge in [0.15, 0.2) is 0 Å². The molecule has 2 bridgehead atoms. The van der Waals surface area contributed by atoms with E-state index in [1.165, 1.54) is 0 Å². The van der Waals surface area contributed by atoms with Crippen LogP contribution in [0.5, 0.6) is 0 Å². The first-order valence-corrected chi connectivity index (χ1v) is 5.32. The summed E-state index contributed by atoms with van der Waals surface area (Å²) in [6.07, 6.45) is 1.81. The second kappa shape index (κ2) is 3.72. The molecule has 2 amide bonds. The maximum Gasteiger partial charge on any atom is 0.320 e. The summed E-state index contributed by atoms with van der Waals surface area (Å²) in [7, 11) is 3.38. The van der Waals surface area contributed by atoms with Crippen LogP contribution in [0.3, 0.4) is 0 Å². The third-order valence-corrected chi connectivity index (χ3v) is 3.33. The number of hydrogen-bond donors (Lipinski definition) is 0. The van der Waals surface area contributed by atoms with E-state index in [0.717, 1.165) is 25.1 Å². The minimum atomic E-state index is 0.111. The molecule has 0 radical (unpaired) electrons. The van der Waals surface area contributed by atoms with Crippen LogP contribution in [0.4, 0.5) is 4.79 Å². The molecule has 84 valence electrons. The van der Waals surface area contributed by atoms with Gasteiger partial charge in [-0.15, -0.1) is 0 Å². The Kier molecular flexibility index (Phi) is 2.54. The van der Waals surface area contributed by atoms with Gasteiger partial charge in [0.25, 0.3) is 0 Å². The summed E-state index contributed by atoms with van der Waals surface area (Å²) in [6.45, 7) is 2.86. The maximum atomic E-state index is 11.9. The monoisotopic (exact) mass is 211 g/mol. The Bertz CT molecular complexity index is 303. The summed E-state index contributed by atoms with van der Waals surface area (Å²) in [5.74, 6) is 0. The van der Waals surface area contributed by atoms with E-state index in [2.05, 4.69) is 12.1 Å². The van der Waals surface area contributed by atoms with Crippen LogP contribution in [0.2, 0.25) is 0 Å². The van der Waals surface area contributed by atoms with Gasteiger partial charge >= 0.3 is 6.03 Å². The lowest BCUT2D eigenvalue weighted by molar-refractivity contribution is 0.182. The molecule has 2 aliphatic heterocycles. The summed E-state index contributed by atoms with van der Waals surface area (Å²) in [4.78, 5) is 20.4. The Morgan fingerprint density at radius 3 is 2.93 bits per heavy atom. The molecular weight excluding hydrogens is 194 g/mol. The number of carbonyl (C=O) groups excluding carboxylic acids is 1. The van der Waals surface area contributed by atoms with Crippen molar-refractivity contribution >= 4 is 11.7 Å². The van der Waals surface area contributed by atoms with Crippen molar-refractivity contribution in [1.29, 1.82) is 0 Å². The average Bonchev–Trinajstić information content (AvgIpc) is 2.49. The van der Waals surface area contributed by atoms with Crippen LogP contribution in [0.25, 0.3) is 0 Å². The van der Waals surface area contributed by atoms with Gasteiger partial charge in [0.05, 0.1) is 11.8 Å². The highest BCUT2D eigenvalue weighted by atomic mass is 16.6. The third kappa shape index (κ3) is 1.46. The number of hydrogen-bond acceptors (Lipinski definition) is 3. The fourth-order valence-corrected chi connectivity index (χ4v) is 2.42. The van der Waals surface area contributed by atoms with E-state index >= 15 is 0 Å². The van der Waals surface area contributed by atoms with Crippen LogP contribution in [0, 0.1) is 0 Å². The highest BCUT2D eigenvalue weighted by molar-refractivity contribution is 5.97. The largest absolute Gasteiger partial charge is 0.399 e. The Morgan fingerprint density at radius 1 is 1.60 bits per heavy atom. The standard InChI is InChI=1S/C10H17N3O2/c1-4-7-5-8(11-15-3)9-6-13(7)10(14)12(9)2/h7,9H,4-6H2,1-3H3/t7-,9+/m1/s1. The van der Waals surface area contributed by atoms with Crippen molar-refractivity contribution in [2.75, 3.05) is 20.7 Å².